The summed E-state index contributed by atoms with van der Waals surface area (Å²) >= 11 is 0. The zero-order valence-corrected chi connectivity index (χ0v) is 8.68. The third kappa shape index (κ3) is 2.44. The molecule has 0 aliphatic carbocycles. The maximum absolute atomic E-state index is 5.37. The van der Waals surface area contributed by atoms with Crippen molar-refractivity contribution in [1.82, 2.24) is 10.3 Å². The number of aromatic nitrogens is 1. The number of nitrogens with one attached hydrogen (secondary N) is 1. The van der Waals surface area contributed by atoms with Crippen LogP contribution in [-0.4, -0.2) is 12.0 Å². The zero-order chi connectivity index (χ0) is 10.5. The molecule has 0 bridgehead atoms. The first kappa shape index (κ1) is 9.93. The Hall–Kier alpha value is -1.61. The third-order valence-electron chi connectivity index (χ3n) is 2.37. The van der Waals surface area contributed by atoms with Gasteiger partial charge in [-0.1, -0.05) is 6.07 Å². The van der Waals surface area contributed by atoms with Crippen molar-refractivity contribution in [2.45, 2.75) is 12.5 Å². The number of pyridine rings is 1. The summed E-state index contributed by atoms with van der Waals surface area (Å²) in [6, 6.07) is 10.0. The van der Waals surface area contributed by atoms with E-state index in [1.807, 2.05) is 43.6 Å². The van der Waals surface area contributed by atoms with Gasteiger partial charge in [-0.05, 0) is 31.3 Å². The number of hydrogen-bond donors (Lipinski definition) is 1. The Bertz CT molecular complexity index is 383. The molecule has 0 saturated heterocycles. The van der Waals surface area contributed by atoms with Crippen LogP contribution in [-0.2, 0) is 6.42 Å². The number of nitrogens with zero attached hydrogens (tertiary/aromatic N) is 1. The van der Waals surface area contributed by atoms with Crippen LogP contribution >= 0.6 is 0 Å². The highest BCUT2D eigenvalue weighted by molar-refractivity contribution is 5.11. The van der Waals surface area contributed by atoms with E-state index < -0.39 is 0 Å². The van der Waals surface area contributed by atoms with Crippen LogP contribution in [0.1, 0.15) is 17.5 Å². The molecule has 2 rings (SSSR count). The van der Waals surface area contributed by atoms with Crippen molar-refractivity contribution in [1.29, 1.82) is 0 Å². The standard InChI is InChI=1S/C12H14N2O/c1-13-11(12-6-4-8-15-12)9-10-5-2-3-7-14-10/h2-8,11,13H,9H2,1H3. The van der Waals surface area contributed by atoms with Crippen LogP contribution in [0.4, 0.5) is 0 Å². The second kappa shape index (κ2) is 4.75. The number of hydrogen-bond acceptors (Lipinski definition) is 3. The fourth-order valence-electron chi connectivity index (χ4n) is 1.56. The minimum atomic E-state index is 0.190. The Kier molecular flexibility index (Phi) is 3.15. The van der Waals surface area contributed by atoms with Crippen LogP contribution in [0.15, 0.2) is 47.2 Å². The van der Waals surface area contributed by atoms with E-state index in [0.717, 1.165) is 17.9 Å². The molecule has 2 aromatic rings. The Morgan fingerprint density at radius 1 is 1.33 bits per heavy atom. The Morgan fingerprint density at radius 3 is 2.87 bits per heavy atom. The molecule has 0 amide bonds. The molecular weight excluding hydrogens is 188 g/mol. The second-order valence-corrected chi connectivity index (χ2v) is 3.38. The van der Waals surface area contributed by atoms with Gasteiger partial charge in [-0.25, -0.2) is 0 Å². The van der Waals surface area contributed by atoms with E-state index in [2.05, 4.69) is 10.3 Å². The SMILES string of the molecule is CNC(Cc1ccccn1)c1ccco1. The lowest BCUT2D eigenvalue weighted by molar-refractivity contribution is 0.427. The van der Waals surface area contributed by atoms with Crippen LogP contribution in [0.3, 0.4) is 0 Å². The zero-order valence-electron chi connectivity index (χ0n) is 8.68. The quantitative estimate of drug-likeness (QED) is 0.825. The molecule has 0 aliphatic rings. The highest BCUT2D eigenvalue weighted by atomic mass is 16.3. The molecule has 2 heterocycles. The molecule has 2 aromatic heterocycles. The van der Waals surface area contributed by atoms with Crippen molar-refractivity contribution in [3.63, 3.8) is 0 Å². The maximum atomic E-state index is 5.37. The molecule has 0 radical (unpaired) electrons. The van der Waals surface area contributed by atoms with Gasteiger partial charge in [0.15, 0.2) is 0 Å². The van der Waals surface area contributed by atoms with Gasteiger partial charge < -0.3 is 9.73 Å². The Morgan fingerprint density at radius 2 is 2.27 bits per heavy atom. The molecule has 0 saturated carbocycles. The summed E-state index contributed by atoms with van der Waals surface area (Å²) in [4.78, 5) is 4.29. The molecule has 1 unspecified atom stereocenters. The topological polar surface area (TPSA) is 38.1 Å². The monoisotopic (exact) mass is 202 g/mol. The lowest BCUT2D eigenvalue weighted by Gasteiger charge is -2.12. The smallest absolute Gasteiger partial charge is 0.121 e. The molecule has 1 atom stereocenters. The van der Waals surface area contributed by atoms with Crippen molar-refractivity contribution in [3.05, 3.63) is 54.2 Å². The van der Waals surface area contributed by atoms with Crippen LogP contribution in [0.5, 0.6) is 0 Å². The van der Waals surface area contributed by atoms with E-state index in [4.69, 9.17) is 4.42 Å². The summed E-state index contributed by atoms with van der Waals surface area (Å²) in [5.74, 6) is 0.947. The van der Waals surface area contributed by atoms with E-state index in [0.29, 0.717) is 0 Å². The van der Waals surface area contributed by atoms with Crippen LogP contribution in [0.2, 0.25) is 0 Å². The minimum absolute atomic E-state index is 0.190. The van der Waals surface area contributed by atoms with Crippen molar-refractivity contribution in [2.24, 2.45) is 0 Å². The van der Waals surface area contributed by atoms with Gasteiger partial charge in [-0.3, -0.25) is 4.98 Å². The molecule has 0 aromatic carbocycles. The number of rotatable bonds is 4. The third-order valence-corrected chi connectivity index (χ3v) is 2.37. The van der Waals surface area contributed by atoms with E-state index in [1.165, 1.54) is 0 Å². The summed E-state index contributed by atoms with van der Waals surface area (Å²) < 4.78 is 5.37. The molecular formula is C12H14N2O. The molecule has 0 spiro atoms. The van der Waals surface area contributed by atoms with Gasteiger partial charge in [0.1, 0.15) is 5.76 Å². The molecule has 15 heavy (non-hydrogen) atoms. The second-order valence-electron chi connectivity index (χ2n) is 3.38. The molecule has 1 N–H and O–H groups in total. The average Bonchev–Trinajstić information content (AvgIpc) is 2.81. The van der Waals surface area contributed by atoms with E-state index >= 15 is 0 Å². The van der Waals surface area contributed by atoms with Crippen LogP contribution in [0.25, 0.3) is 0 Å². The summed E-state index contributed by atoms with van der Waals surface area (Å²) in [5, 5.41) is 3.22. The first-order valence-corrected chi connectivity index (χ1v) is 5.00. The first-order chi connectivity index (χ1) is 7.40. The van der Waals surface area contributed by atoms with Crippen LogP contribution in [0, 0.1) is 0 Å². The molecule has 0 aliphatic heterocycles. The summed E-state index contributed by atoms with van der Waals surface area (Å²) in [7, 11) is 1.93. The molecule has 78 valence electrons. The van der Waals surface area contributed by atoms with Crippen molar-refractivity contribution >= 4 is 0 Å². The van der Waals surface area contributed by atoms with E-state index in [1.54, 1.807) is 6.26 Å². The number of furan rings is 1. The molecule has 3 nitrogen and oxygen atoms in total. The number of likely N-dealkylation sites (N-methyl/N-ethyl adjacent to an activating group) is 1. The largest absolute Gasteiger partial charge is 0.468 e. The Labute approximate surface area is 89.1 Å². The fourth-order valence-corrected chi connectivity index (χ4v) is 1.56. The van der Waals surface area contributed by atoms with Gasteiger partial charge in [-0.2, -0.15) is 0 Å². The van der Waals surface area contributed by atoms with Gasteiger partial charge in [0.2, 0.25) is 0 Å². The van der Waals surface area contributed by atoms with Crippen molar-refractivity contribution < 1.29 is 4.42 Å². The predicted octanol–water partition coefficient (Wildman–Crippen LogP) is 2.18. The minimum Gasteiger partial charge on any atom is -0.468 e. The first-order valence-electron chi connectivity index (χ1n) is 5.00. The lowest BCUT2D eigenvalue weighted by Crippen LogP contribution is -2.18. The summed E-state index contributed by atoms with van der Waals surface area (Å²) in [5.41, 5.74) is 1.06. The highest BCUT2D eigenvalue weighted by Crippen LogP contribution is 2.16. The van der Waals surface area contributed by atoms with E-state index in [9.17, 15) is 0 Å². The molecule has 0 fully saturated rings. The average molecular weight is 202 g/mol. The van der Waals surface area contributed by atoms with Gasteiger partial charge in [0.25, 0.3) is 0 Å². The summed E-state index contributed by atoms with van der Waals surface area (Å²) in [6.45, 7) is 0. The lowest BCUT2D eigenvalue weighted by atomic mass is 10.1. The fraction of sp³-hybridized carbons (Fsp3) is 0.250. The van der Waals surface area contributed by atoms with Crippen molar-refractivity contribution in [2.75, 3.05) is 7.05 Å². The maximum Gasteiger partial charge on any atom is 0.121 e. The predicted molar refractivity (Wildman–Crippen MR) is 58.4 cm³/mol. The van der Waals surface area contributed by atoms with Crippen molar-refractivity contribution in [3.8, 4) is 0 Å². The summed E-state index contributed by atoms with van der Waals surface area (Å²) in [6.07, 6.45) is 4.34. The van der Waals surface area contributed by atoms with Gasteiger partial charge in [-0.15, -0.1) is 0 Å². The van der Waals surface area contributed by atoms with Gasteiger partial charge in [0.05, 0.1) is 12.3 Å². The highest BCUT2D eigenvalue weighted by Gasteiger charge is 2.12. The molecule has 3 heteroatoms. The Balaban J connectivity index is 2.10. The van der Waals surface area contributed by atoms with Crippen LogP contribution < -0.4 is 5.32 Å². The van der Waals surface area contributed by atoms with Gasteiger partial charge >= 0.3 is 0 Å². The van der Waals surface area contributed by atoms with Gasteiger partial charge in [0, 0.05) is 18.3 Å². The van der Waals surface area contributed by atoms with E-state index in [-0.39, 0.29) is 6.04 Å². The normalized spacial score (nSPS) is 12.6.